The standard InChI is InChI=1S/C19H19F2N5O4/c1-11(17(22)28)23-12-2-3-13-14(6-12)29-5-4-25-7-15(24-18(13)25)26-9-19(20,21)10-30-16(26)8-27/h2-3,6-7,11,23H,4-5,9-10H2,1H3,(H2,22,28)/t11-/m0/s1. The summed E-state index contributed by atoms with van der Waals surface area (Å²) in [5.74, 6) is -1.24. The molecule has 2 aliphatic heterocycles. The van der Waals surface area contributed by atoms with Gasteiger partial charge in [-0.05, 0) is 19.1 Å². The summed E-state index contributed by atoms with van der Waals surface area (Å²) in [6.07, 6.45) is 1.57. The molecule has 11 heteroatoms. The van der Waals surface area contributed by atoms with Crippen LogP contribution in [0, 0.1) is 0 Å². The molecule has 2 aliphatic rings. The smallest absolute Gasteiger partial charge is 0.299 e. The van der Waals surface area contributed by atoms with Gasteiger partial charge in [-0.2, -0.15) is 0 Å². The van der Waals surface area contributed by atoms with Gasteiger partial charge in [0, 0.05) is 18.0 Å². The van der Waals surface area contributed by atoms with Crippen molar-refractivity contribution in [2.75, 3.05) is 30.0 Å². The van der Waals surface area contributed by atoms with Gasteiger partial charge in [0.1, 0.15) is 24.2 Å². The fraction of sp³-hybridized carbons (Fsp3) is 0.368. The number of aromatic nitrogens is 2. The number of amides is 1. The lowest BCUT2D eigenvalue weighted by Gasteiger charge is -2.32. The van der Waals surface area contributed by atoms with Crippen LogP contribution in [0.2, 0.25) is 0 Å². The molecule has 9 nitrogen and oxygen atoms in total. The summed E-state index contributed by atoms with van der Waals surface area (Å²) in [7, 11) is 0. The Morgan fingerprint density at radius 3 is 2.93 bits per heavy atom. The molecule has 0 bridgehead atoms. The maximum Gasteiger partial charge on any atom is 0.299 e. The summed E-state index contributed by atoms with van der Waals surface area (Å²) in [5, 5.41) is 2.98. The molecule has 0 radical (unpaired) electrons. The first-order valence-electron chi connectivity index (χ1n) is 9.21. The van der Waals surface area contributed by atoms with E-state index in [1.807, 2.05) is 0 Å². The van der Waals surface area contributed by atoms with E-state index in [1.165, 1.54) is 0 Å². The monoisotopic (exact) mass is 419 g/mol. The molecular weight excluding hydrogens is 400 g/mol. The third-order valence-electron chi connectivity index (χ3n) is 4.80. The Morgan fingerprint density at radius 2 is 2.20 bits per heavy atom. The number of primary amides is 1. The maximum absolute atomic E-state index is 13.8. The van der Waals surface area contributed by atoms with Crippen molar-refractivity contribution in [3.63, 3.8) is 0 Å². The molecule has 4 rings (SSSR count). The number of carbonyl (C=O) groups excluding carboxylic acids is 2. The zero-order chi connectivity index (χ0) is 21.5. The molecule has 30 heavy (non-hydrogen) atoms. The van der Waals surface area contributed by atoms with Crippen molar-refractivity contribution in [1.29, 1.82) is 0 Å². The molecule has 1 saturated heterocycles. The van der Waals surface area contributed by atoms with E-state index < -0.39 is 31.0 Å². The first-order chi connectivity index (χ1) is 14.3. The molecule has 1 amide bonds. The summed E-state index contributed by atoms with van der Waals surface area (Å²) < 4.78 is 40.1. The summed E-state index contributed by atoms with van der Waals surface area (Å²) in [6.45, 7) is 0.766. The van der Waals surface area contributed by atoms with E-state index in [1.54, 1.807) is 41.8 Å². The number of hydrogen-bond acceptors (Lipinski definition) is 7. The molecule has 0 spiro atoms. The van der Waals surface area contributed by atoms with E-state index in [9.17, 15) is 18.4 Å². The summed E-state index contributed by atoms with van der Waals surface area (Å²) in [5.41, 5.74) is 6.55. The van der Waals surface area contributed by atoms with E-state index in [0.29, 0.717) is 36.0 Å². The minimum Gasteiger partial charge on any atom is -0.491 e. The number of halogens is 2. The first kappa shape index (κ1) is 19.7. The number of carbonyl (C=O) groups is 1. The van der Waals surface area contributed by atoms with E-state index in [0.717, 1.165) is 4.90 Å². The predicted octanol–water partition coefficient (Wildman–Crippen LogP) is 1.37. The first-order valence-corrected chi connectivity index (χ1v) is 9.21. The van der Waals surface area contributed by atoms with Gasteiger partial charge in [0.05, 0.1) is 18.7 Å². The van der Waals surface area contributed by atoms with E-state index >= 15 is 0 Å². The van der Waals surface area contributed by atoms with Crippen molar-refractivity contribution in [3.05, 3.63) is 30.3 Å². The van der Waals surface area contributed by atoms with Gasteiger partial charge >= 0.3 is 0 Å². The number of alkyl halides is 2. The van der Waals surface area contributed by atoms with Crippen LogP contribution in [0.5, 0.6) is 5.75 Å². The van der Waals surface area contributed by atoms with Crippen LogP contribution < -0.4 is 20.7 Å². The second-order valence-corrected chi connectivity index (χ2v) is 7.08. The number of nitrogens with one attached hydrogen (secondary N) is 1. The average molecular weight is 419 g/mol. The van der Waals surface area contributed by atoms with Crippen molar-refractivity contribution in [2.24, 2.45) is 5.73 Å². The summed E-state index contributed by atoms with van der Waals surface area (Å²) in [6, 6.07) is 4.63. The summed E-state index contributed by atoms with van der Waals surface area (Å²) in [4.78, 5) is 27.9. The maximum atomic E-state index is 13.8. The van der Waals surface area contributed by atoms with Gasteiger partial charge in [-0.3, -0.25) is 9.69 Å². The topological polar surface area (TPSA) is 112 Å². The second-order valence-electron chi connectivity index (χ2n) is 7.08. The zero-order valence-electron chi connectivity index (χ0n) is 16.0. The Kier molecular flexibility index (Phi) is 4.83. The Morgan fingerprint density at radius 1 is 1.40 bits per heavy atom. The number of rotatable bonds is 4. The molecular formula is C19H19F2N5O4. The van der Waals surface area contributed by atoms with Gasteiger partial charge < -0.3 is 25.1 Å². The number of hydrogen-bond donors (Lipinski definition) is 2. The number of imidazole rings is 1. The van der Waals surface area contributed by atoms with Gasteiger partial charge in [-0.25, -0.2) is 18.6 Å². The Bertz CT molecular complexity index is 1050. The summed E-state index contributed by atoms with van der Waals surface area (Å²) >= 11 is 0. The van der Waals surface area contributed by atoms with E-state index in [2.05, 4.69) is 10.3 Å². The minimum atomic E-state index is -3.12. The molecule has 3 heterocycles. The molecule has 1 fully saturated rings. The quantitative estimate of drug-likeness (QED) is 0.720. The fourth-order valence-electron chi connectivity index (χ4n) is 3.28. The van der Waals surface area contributed by atoms with Gasteiger partial charge in [0.15, 0.2) is 18.4 Å². The lowest BCUT2D eigenvalue weighted by molar-refractivity contribution is -0.118. The predicted molar refractivity (Wildman–Crippen MR) is 103 cm³/mol. The minimum absolute atomic E-state index is 0.153. The number of anilines is 2. The van der Waals surface area contributed by atoms with Crippen LogP contribution in [-0.2, 0) is 20.9 Å². The average Bonchev–Trinajstić information content (AvgIpc) is 3.04. The van der Waals surface area contributed by atoms with Crippen LogP contribution in [0.4, 0.5) is 20.3 Å². The number of fused-ring (bicyclic) bond motifs is 3. The van der Waals surface area contributed by atoms with Gasteiger partial charge in [0.2, 0.25) is 5.91 Å². The Labute approximate surface area is 170 Å². The zero-order valence-corrected chi connectivity index (χ0v) is 16.0. The normalized spacial score (nSPS) is 18.1. The van der Waals surface area contributed by atoms with Crippen molar-refractivity contribution >= 4 is 23.4 Å². The molecule has 0 aliphatic carbocycles. The molecule has 158 valence electrons. The molecule has 0 unspecified atom stereocenters. The molecule has 1 aromatic carbocycles. The highest BCUT2D eigenvalue weighted by Gasteiger charge is 2.41. The molecule has 0 saturated carbocycles. The van der Waals surface area contributed by atoms with Crippen molar-refractivity contribution in [3.8, 4) is 17.1 Å². The molecule has 1 aromatic heterocycles. The second kappa shape index (κ2) is 7.34. The third-order valence-corrected chi connectivity index (χ3v) is 4.80. The van der Waals surface area contributed by atoms with Gasteiger partial charge in [-0.15, -0.1) is 0 Å². The van der Waals surface area contributed by atoms with Crippen molar-refractivity contribution in [2.45, 2.75) is 25.4 Å². The van der Waals surface area contributed by atoms with Gasteiger partial charge in [0.25, 0.3) is 11.8 Å². The largest absolute Gasteiger partial charge is 0.491 e. The Balaban J connectivity index is 1.69. The SMILES string of the molecule is C[C@H](Nc1ccc2c(c1)OCCn1cc(N3CC(F)(F)COC3=C=O)nc1-2)C(N)=O. The number of nitrogens with zero attached hydrogens (tertiary/aromatic N) is 3. The van der Waals surface area contributed by atoms with Crippen molar-refractivity contribution < 1.29 is 27.8 Å². The van der Waals surface area contributed by atoms with Crippen LogP contribution in [0.25, 0.3) is 11.4 Å². The Hall–Kier alpha value is -3.59. The molecule has 3 N–H and O–H groups in total. The highest BCUT2D eigenvalue weighted by molar-refractivity contribution is 5.83. The van der Waals surface area contributed by atoms with E-state index in [4.69, 9.17) is 15.2 Å². The number of ether oxygens (including phenoxy) is 2. The van der Waals surface area contributed by atoms with Crippen molar-refractivity contribution in [1.82, 2.24) is 9.55 Å². The lowest BCUT2D eigenvalue weighted by atomic mass is 10.1. The lowest BCUT2D eigenvalue weighted by Crippen LogP contribution is -2.46. The van der Waals surface area contributed by atoms with Crippen LogP contribution >= 0.6 is 0 Å². The molecule has 2 aromatic rings. The highest BCUT2D eigenvalue weighted by atomic mass is 19.3. The fourth-order valence-corrected chi connectivity index (χ4v) is 3.28. The third kappa shape index (κ3) is 3.67. The van der Waals surface area contributed by atoms with E-state index in [-0.39, 0.29) is 11.7 Å². The van der Waals surface area contributed by atoms with Gasteiger partial charge in [-0.1, -0.05) is 0 Å². The number of benzene rings is 1. The molecule has 1 atom stereocenters. The number of nitrogens with two attached hydrogens (primary N) is 1. The highest BCUT2D eigenvalue weighted by Crippen LogP contribution is 2.37. The van der Waals surface area contributed by atoms with Crippen LogP contribution in [0.15, 0.2) is 30.3 Å². The van der Waals surface area contributed by atoms with Crippen LogP contribution in [0.3, 0.4) is 0 Å². The van der Waals surface area contributed by atoms with Crippen LogP contribution in [0.1, 0.15) is 6.92 Å². The van der Waals surface area contributed by atoms with Crippen LogP contribution in [-0.4, -0.2) is 53.1 Å².